The summed E-state index contributed by atoms with van der Waals surface area (Å²) in [4.78, 5) is 63.2. The van der Waals surface area contributed by atoms with E-state index in [1.54, 1.807) is 24.3 Å². The number of hydrogen-bond donors (Lipinski definition) is 3. The van der Waals surface area contributed by atoms with E-state index >= 15 is 0 Å². The van der Waals surface area contributed by atoms with Crippen molar-refractivity contribution in [3.63, 3.8) is 0 Å². The maximum atomic E-state index is 13.6. The minimum atomic E-state index is -1.33. The number of aromatic nitrogens is 2. The highest BCUT2D eigenvalue weighted by atomic mass is 16.7. The van der Waals surface area contributed by atoms with Gasteiger partial charge in [0.05, 0.1) is 5.92 Å². The van der Waals surface area contributed by atoms with E-state index in [9.17, 15) is 24.3 Å². The van der Waals surface area contributed by atoms with Crippen molar-refractivity contribution in [2.24, 2.45) is 5.92 Å². The molecule has 3 atom stereocenters. The lowest BCUT2D eigenvalue weighted by molar-refractivity contribution is -0.154. The number of hydrazine groups is 1. The first-order valence-corrected chi connectivity index (χ1v) is 11.7. The Balaban J connectivity index is 1.73. The Bertz CT molecular complexity index is 1020. The van der Waals surface area contributed by atoms with Crippen molar-refractivity contribution in [1.82, 2.24) is 25.5 Å². The van der Waals surface area contributed by atoms with Crippen molar-refractivity contribution in [2.75, 3.05) is 18.4 Å². The molecule has 0 saturated carbocycles. The summed E-state index contributed by atoms with van der Waals surface area (Å²) in [5.41, 5.74) is 3.36. The summed E-state index contributed by atoms with van der Waals surface area (Å²) in [6.45, 7) is 2.00. The van der Waals surface area contributed by atoms with Crippen molar-refractivity contribution in [2.45, 2.75) is 44.8 Å². The number of aldehydes is 1. The molecule has 3 N–H and O–H groups in total. The van der Waals surface area contributed by atoms with Crippen LogP contribution in [0.3, 0.4) is 0 Å². The third-order valence-electron chi connectivity index (χ3n) is 5.80. The molecular formula is C24H30N6O6. The van der Waals surface area contributed by atoms with Gasteiger partial charge < -0.3 is 10.4 Å². The zero-order valence-corrected chi connectivity index (χ0v) is 19.9. The molecule has 2 aromatic rings. The number of unbranched alkanes of at least 4 members (excludes halogenated alkanes) is 1. The van der Waals surface area contributed by atoms with Crippen molar-refractivity contribution >= 4 is 30.0 Å². The molecule has 12 heteroatoms. The van der Waals surface area contributed by atoms with Gasteiger partial charge in [-0.1, -0.05) is 50.1 Å². The highest BCUT2D eigenvalue weighted by molar-refractivity contribution is 5.97. The Morgan fingerprint density at radius 1 is 1.25 bits per heavy atom. The van der Waals surface area contributed by atoms with E-state index in [1.165, 1.54) is 18.6 Å². The highest BCUT2D eigenvalue weighted by Gasteiger charge is 2.44. The average Bonchev–Trinajstić information content (AvgIpc) is 3.35. The Morgan fingerprint density at radius 3 is 2.67 bits per heavy atom. The van der Waals surface area contributed by atoms with Crippen LogP contribution in [0.15, 0.2) is 48.9 Å². The number of benzene rings is 1. The highest BCUT2D eigenvalue weighted by Crippen LogP contribution is 2.25. The number of carbonyl (C=O) groups is 4. The molecule has 0 radical (unpaired) electrons. The van der Waals surface area contributed by atoms with Crippen molar-refractivity contribution in [3.8, 4) is 0 Å². The van der Waals surface area contributed by atoms with Crippen LogP contribution in [0, 0.1) is 5.92 Å². The first-order valence-electron chi connectivity index (χ1n) is 11.7. The molecule has 36 heavy (non-hydrogen) atoms. The predicted octanol–water partition coefficient (Wildman–Crippen LogP) is 2.18. The molecule has 0 bridgehead atoms. The third kappa shape index (κ3) is 6.83. The van der Waals surface area contributed by atoms with Crippen molar-refractivity contribution in [3.05, 3.63) is 54.5 Å². The van der Waals surface area contributed by atoms with Crippen LogP contribution in [0.5, 0.6) is 0 Å². The SMILES string of the molecule is CCCC[C@H](CNOC(C=O)c1ccccc1)C(=O)N1[C@H](C(=O)Nc2ccncn2)CCN1C(=O)O. The number of carboxylic acid groups (broad SMARTS) is 1. The lowest BCUT2D eigenvalue weighted by Gasteiger charge is -2.32. The summed E-state index contributed by atoms with van der Waals surface area (Å²) in [6.07, 6.45) is 3.26. The fourth-order valence-corrected chi connectivity index (χ4v) is 3.93. The molecular weight excluding hydrogens is 468 g/mol. The Kier molecular flexibility index (Phi) is 9.83. The number of rotatable bonds is 12. The van der Waals surface area contributed by atoms with E-state index in [1.807, 2.05) is 13.0 Å². The molecule has 1 aromatic carbocycles. The van der Waals surface area contributed by atoms with Crippen LogP contribution in [0.2, 0.25) is 0 Å². The Morgan fingerprint density at radius 2 is 2.03 bits per heavy atom. The number of carbonyl (C=O) groups excluding carboxylic acids is 3. The molecule has 1 unspecified atom stereocenters. The molecule has 192 valence electrons. The molecule has 1 aliphatic heterocycles. The topological polar surface area (TPSA) is 154 Å². The van der Waals surface area contributed by atoms with Crippen LogP contribution < -0.4 is 10.8 Å². The van der Waals surface area contributed by atoms with Crippen LogP contribution in [-0.2, 0) is 19.2 Å². The van der Waals surface area contributed by atoms with E-state index < -0.39 is 36.0 Å². The molecule has 3 rings (SSSR count). The largest absolute Gasteiger partial charge is 0.464 e. The fourth-order valence-electron chi connectivity index (χ4n) is 3.93. The van der Waals surface area contributed by atoms with Gasteiger partial charge in [-0.05, 0) is 24.5 Å². The van der Waals surface area contributed by atoms with Gasteiger partial charge in [-0.25, -0.2) is 30.3 Å². The van der Waals surface area contributed by atoms with E-state index in [0.29, 0.717) is 24.7 Å². The van der Waals surface area contributed by atoms with Gasteiger partial charge in [0.25, 0.3) is 5.91 Å². The van der Waals surface area contributed by atoms with Crippen LogP contribution in [0.25, 0.3) is 0 Å². The second kappa shape index (κ2) is 13.3. The second-order valence-corrected chi connectivity index (χ2v) is 8.25. The van der Waals surface area contributed by atoms with Gasteiger partial charge in [-0.2, -0.15) is 0 Å². The van der Waals surface area contributed by atoms with Crippen LogP contribution >= 0.6 is 0 Å². The normalized spacial score (nSPS) is 16.9. The molecule has 2 heterocycles. The summed E-state index contributed by atoms with van der Waals surface area (Å²) in [7, 11) is 0. The first-order chi connectivity index (χ1) is 17.5. The molecule has 1 aliphatic rings. The molecule has 1 fully saturated rings. The van der Waals surface area contributed by atoms with E-state index in [-0.39, 0.29) is 25.3 Å². The van der Waals surface area contributed by atoms with E-state index in [0.717, 1.165) is 16.4 Å². The van der Waals surface area contributed by atoms with Crippen LogP contribution in [0.4, 0.5) is 10.6 Å². The lowest BCUT2D eigenvalue weighted by Crippen LogP contribution is -2.54. The maximum Gasteiger partial charge on any atom is 0.426 e. The van der Waals surface area contributed by atoms with Gasteiger partial charge in [-0.3, -0.25) is 19.2 Å². The molecule has 3 amide bonds. The molecule has 1 aromatic heterocycles. The summed E-state index contributed by atoms with van der Waals surface area (Å²) in [6, 6.07) is 9.34. The number of nitrogens with zero attached hydrogens (tertiary/aromatic N) is 4. The van der Waals surface area contributed by atoms with Crippen molar-refractivity contribution < 1.29 is 29.1 Å². The zero-order valence-electron chi connectivity index (χ0n) is 19.9. The van der Waals surface area contributed by atoms with Gasteiger partial charge in [0, 0.05) is 19.3 Å². The monoisotopic (exact) mass is 498 g/mol. The maximum absolute atomic E-state index is 13.6. The van der Waals surface area contributed by atoms with Gasteiger partial charge in [0.15, 0.2) is 12.4 Å². The van der Waals surface area contributed by atoms with Gasteiger partial charge in [0.1, 0.15) is 18.2 Å². The summed E-state index contributed by atoms with van der Waals surface area (Å²) >= 11 is 0. The molecule has 0 aliphatic carbocycles. The minimum Gasteiger partial charge on any atom is -0.464 e. The Hall–Kier alpha value is -3.90. The van der Waals surface area contributed by atoms with E-state index in [4.69, 9.17) is 4.84 Å². The number of hydrogen-bond acceptors (Lipinski definition) is 8. The molecule has 1 saturated heterocycles. The summed E-state index contributed by atoms with van der Waals surface area (Å²) < 4.78 is 0. The fraction of sp³-hybridized carbons (Fsp3) is 0.417. The average molecular weight is 499 g/mol. The minimum absolute atomic E-state index is 0.00537. The standard InChI is InChI=1S/C24H30N6O6/c1-2-3-7-18(14-27-36-20(15-31)17-8-5-4-6-9-17)23(33)30-19(11-13-29(30)24(34)35)22(32)28-21-10-12-25-16-26-21/h4-6,8-10,12,15-16,18-20,27H,2-3,7,11,13-14H2,1H3,(H,34,35)(H,25,26,28,32)/t18-,19+,20?/m1/s1. The summed E-state index contributed by atoms with van der Waals surface area (Å²) in [5, 5.41) is 14.2. The third-order valence-corrected chi connectivity index (χ3v) is 5.80. The number of anilines is 1. The number of nitrogens with one attached hydrogen (secondary N) is 2. The lowest BCUT2D eigenvalue weighted by atomic mass is 10.0. The van der Waals surface area contributed by atoms with Crippen LogP contribution in [-0.4, -0.2) is 68.4 Å². The van der Waals surface area contributed by atoms with Gasteiger partial charge in [-0.15, -0.1) is 0 Å². The van der Waals surface area contributed by atoms with Gasteiger partial charge in [0.2, 0.25) is 5.91 Å². The molecule has 0 spiro atoms. The van der Waals surface area contributed by atoms with E-state index in [2.05, 4.69) is 20.8 Å². The quantitative estimate of drug-likeness (QED) is 0.295. The van der Waals surface area contributed by atoms with Gasteiger partial charge >= 0.3 is 6.09 Å². The molecule has 12 nitrogen and oxygen atoms in total. The summed E-state index contributed by atoms with van der Waals surface area (Å²) in [5.74, 6) is -1.52. The first kappa shape index (κ1) is 26.7. The number of amides is 3. The van der Waals surface area contributed by atoms with Crippen molar-refractivity contribution in [1.29, 1.82) is 0 Å². The van der Waals surface area contributed by atoms with Crippen LogP contribution in [0.1, 0.15) is 44.3 Å². The second-order valence-electron chi connectivity index (χ2n) is 8.25. The number of hydroxylamine groups is 1. The smallest absolute Gasteiger partial charge is 0.426 e. The predicted molar refractivity (Wildman–Crippen MR) is 128 cm³/mol. The Labute approximate surface area is 208 Å². The zero-order chi connectivity index (χ0) is 25.9.